The first-order valence-corrected chi connectivity index (χ1v) is 9.76. The van der Waals surface area contributed by atoms with Crippen LogP contribution < -0.4 is 10.1 Å². The molecule has 1 saturated heterocycles. The number of carbonyl (C=O) groups excluding carboxylic acids is 1. The summed E-state index contributed by atoms with van der Waals surface area (Å²) in [6.07, 6.45) is 0. The zero-order valence-electron chi connectivity index (χ0n) is 16.2. The van der Waals surface area contributed by atoms with Crippen molar-refractivity contribution in [2.75, 3.05) is 14.2 Å². The van der Waals surface area contributed by atoms with Gasteiger partial charge >= 0.3 is 0 Å². The molecule has 1 heterocycles. The molecule has 2 N–H and O–H groups in total. The molecule has 1 aliphatic rings. The Bertz CT molecular complexity index is 1040. The fourth-order valence-corrected chi connectivity index (χ4v) is 4.19. The first-order chi connectivity index (χ1) is 14.0. The molecule has 3 aromatic rings. The van der Waals surface area contributed by atoms with E-state index < -0.39 is 11.0 Å². The highest BCUT2D eigenvalue weighted by Crippen LogP contribution is 2.45. The molecule has 0 spiro atoms. The second-order valence-electron chi connectivity index (χ2n) is 6.98. The van der Waals surface area contributed by atoms with Crippen LogP contribution in [0.5, 0.6) is 11.5 Å². The fourth-order valence-electron chi connectivity index (χ4n) is 3.89. The average molecular weight is 407 g/mol. The van der Waals surface area contributed by atoms with Crippen molar-refractivity contribution in [3.05, 3.63) is 83.9 Å². The number of phenols is 1. The second-order valence-corrected chi connectivity index (χ2v) is 7.47. The number of phenolic OH excluding ortho intramolecular Hbond substituents is 1. The lowest BCUT2D eigenvalue weighted by atomic mass is 9.80. The van der Waals surface area contributed by atoms with Crippen molar-refractivity contribution >= 4 is 18.5 Å². The van der Waals surface area contributed by atoms with Gasteiger partial charge in [0.1, 0.15) is 17.0 Å². The first-order valence-electron chi connectivity index (χ1n) is 9.24. The summed E-state index contributed by atoms with van der Waals surface area (Å²) >= 11 is 4.54. The van der Waals surface area contributed by atoms with E-state index in [2.05, 4.69) is 17.9 Å². The average Bonchev–Trinajstić information content (AvgIpc) is 2.99. The number of hydrogen-bond donors (Lipinski definition) is 3. The molecule has 4 rings (SSSR count). The molecule has 0 radical (unpaired) electrons. The predicted octanol–water partition coefficient (Wildman–Crippen LogP) is 3.59. The van der Waals surface area contributed by atoms with Crippen LogP contribution in [-0.4, -0.2) is 35.6 Å². The van der Waals surface area contributed by atoms with Gasteiger partial charge in [0.05, 0.1) is 7.11 Å². The van der Waals surface area contributed by atoms with Crippen LogP contribution in [0.3, 0.4) is 0 Å². The van der Waals surface area contributed by atoms with E-state index in [1.165, 1.54) is 0 Å². The largest absolute Gasteiger partial charge is 0.508 e. The summed E-state index contributed by atoms with van der Waals surface area (Å²) in [7, 11) is 3.32. The van der Waals surface area contributed by atoms with Gasteiger partial charge in [0.15, 0.2) is 5.54 Å². The maximum Gasteiger partial charge on any atom is 0.254 e. The number of hydrogen-bond acceptors (Lipinski definition) is 5. The van der Waals surface area contributed by atoms with Crippen LogP contribution in [0.25, 0.3) is 11.1 Å². The van der Waals surface area contributed by atoms with Gasteiger partial charge in [0.25, 0.3) is 5.91 Å². The van der Waals surface area contributed by atoms with Crippen molar-refractivity contribution in [3.8, 4) is 22.6 Å². The fraction of sp³-hybridized carbons (Fsp3) is 0.174. The molecule has 5 nitrogen and oxygen atoms in total. The minimum absolute atomic E-state index is 0.134. The summed E-state index contributed by atoms with van der Waals surface area (Å²) in [6, 6.07) is 22.3. The number of amides is 1. The van der Waals surface area contributed by atoms with E-state index in [-0.39, 0.29) is 11.7 Å². The van der Waals surface area contributed by atoms with Crippen LogP contribution in [-0.2, 0) is 10.3 Å². The van der Waals surface area contributed by atoms with Crippen molar-refractivity contribution in [2.45, 2.75) is 11.0 Å². The first kappa shape index (κ1) is 19.4. The molecule has 148 valence electrons. The third-order valence-electron chi connectivity index (χ3n) is 5.36. The third-order valence-corrected chi connectivity index (χ3v) is 5.84. The highest BCUT2D eigenvalue weighted by atomic mass is 32.1. The van der Waals surface area contributed by atoms with Crippen molar-refractivity contribution in [3.63, 3.8) is 0 Å². The quantitative estimate of drug-likeness (QED) is 0.580. The standard InChI is InChI=1S/C23H22N2O3S/c1-25-21(27)23(24-22(25)29,16-11-13-17(26)14-12-16)19-10-6-9-18(20(19)28-2)15-7-4-3-5-8-15/h3-14,22,24,26,29H,1-2H3. The van der Waals surface area contributed by atoms with Gasteiger partial charge in [-0.2, -0.15) is 0 Å². The Hall–Kier alpha value is -2.96. The van der Waals surface area contributed by atoms with Crippen LogP contribution in [0.1, 0.15) is 11.1 Å². The summed E-state index contributed by atoms with van der Waals surface area (Å²) in [5, 5.41) is 13.1. The Morgan fingerprint density at radius 3 is 2.31 bits per heavy atom. The van der Waals surface area contributed by atoms with Gasteiger partial charge in [-0.1, -0.05) is 60.7 Å². The molecule has 6 heteroatoms. The maximum atomic E-state index is 13.5. The van der Waals surface area contributed by atoms with Crippen molar-refractivity contribution in [2.24, 2.45) is 0 Å². The molecular weight excluding hydrogens is 384 g/mol. The van der Waals surface area contributed by atoms with Crippen molar-refractivity contribution in [1.82, 2.24) is 10.2 Å². The molecule has 1 aliphatic heterocycles. The van der Waals surface area contributed by atoms with Crippen LogP contribution in [0.4, 0.5) is 0 Å². The van der Waals surface area contributed by atoms with Gasteiger partial charge in [-0.15, -0.1) is 12.6 Å². The number of rotatable bonds is 4. The predicted molar refractivity (Wildman–Crippen MR) is 116 cm³/mol. The van der Waals surface area contributed by atoms with E-state index in [0.717, 1.165) is 11.1 Å². The van der Waals surface area contributed by atoms with E-state index in [4.69, 9.17) is 4.74 Å². The van der Waals surface area contributed by atoms with E-state index >= 15 is 0 Å². The van der Waals surface area contributed by atoms with Crippen LogP contribution >= 0.6 is 12.6 Å². The Labute approximate surface area is 175 Å². The molecular formula is C23H22N2O3S. The number of benzene rings is 3. The molecule has 1 fully saturated rings. The van der Waals surface area contributed by atoms with Gasteiger partial charge in [-0.25, -0.2) is 0 Å². The molecule has 2 atom stereocenters. The Kier molecular flexibility index (Phi) is 4.98. The van der Waals surface area contributed by atoms with E-state index in [9.17, 15) is 9.90 Å². The number of nitrogens with zero attached hydrogens (tertiary/aromatic N) is 1. The topological polar surface area (TPSA) is 61.8 Å². The normalized spacial score (nSPS) is 21.4. The molecule has 0 aromatic heterocycles. The number of methoxy groups -OCH3 is 1. The summed E-state index contributed by atoms with van der Waals surface area (Å²) in [4.78, 5) is 15.1. The number of ether oxygens (including phenoxy) is 1. The zero-order valence-corrected chi connectivity index (χ0v) is 17.1. The van der Waals surface area contributed by atoms with Gasteiger partial charge in [-0.05, 0) is 23.3 Å². The number of para-hydroxylation sites is 1. The lowest BCUT2D eigenvalue weighted by Crippen LogP contribution is -2.45. The number of aromatic hydroxyl groups is 1. The second kappa shape index (κ2) is 7.46. The Morgan fingerprint density at radius 1 is 1.03 bits per heavy atom. The SMILES string of the molecule is COc1c(-c2ccccc2)cccc1C1(c2ccc(O)cc2)NC(S)N(C)C1=O. The third kappa shape index (κ3) is 3.05. The van der Waals surface area contributed by atoms with Crippen molar-refractivity contribution < 1.29 is 14.6 Å². The van der Waals surface area contributed by atoms with Gasteiger partial charge in [0.2, 0.25) is 0 Å². The van der Waals surface area contributed by atoms with E-state index in [0.29, 0.717) is 16.9 Å². The summed E-state index contributed by atoms with van der Waals surface area (Å²) < 4.78 is 5.85. The van der Waals surface area contributed by atoms with Gasteiger partial charge in [0, 0.05) is 18.2 Å². The monoisotopic (exact) mass is 406 g/mol. The molecule has 0 saturated carbocycles. The Morgan fingerprint density at radius 2 is 1.72 bits per heavy atom. The van der Waals surface area contributed by atoms with E-state index in [1.54, 1.807) is 43.3 Å². The van der Waals surface area contributed by atoms with E-state index in [1.807, 2.05) is 48.5 Å². The van der Waals surface area contributed by atoms with Crippen molar-refractivity contribution in [1.29, 1.82) is 0 Å². The minimum Gasteiger partial charge on any atom is -0.508 e. The molecule has 0 bridgehead atoms. The number of thiol groups is 1. The minimum atomic E-state index is -1.19. The lowest BCUT2D eigenvalue weighted by Gasteiger charge is -2.31. The summed E-state index contributed by atoms with van der Waals surface area (Å²) in [6.45, 7) is 0. The molecule has 0 aliphatic carbocycles. The van der Waals surface area contributed by atoms with Gasteiger partial charge in [-0.3, -0.25) is 10.1 Å². The number of nitrogens with one attached hydrogen (secondary N) is 1. The molecule has 2 unspecified atom stereocenters. The zero-order chi connectivity index (χ0) is 20.6. The highest BCUT2D eigenvalue weighted by Gasteiger charge is 2.53. The highest BCUT2D eigenvalue weighted by molar-refractivity contribution is 7.80. The number of likely N-dealkylation sites (N-methyl/N-ethyl adjacent to an activating group) is 1. The summed E-state index contributed by atoms with van der Waals surface area (Å²) in [5.74, 6) is 0.602. The van der Waals surface area contributed by atoms with Crippen LogP contribution in [0.2, 0.25) is 0 Å². The van der Waals surface area contributed by atoms with Crippen LogP contribution in [0, 0.1) is 0 Å². The molecule has 1 amide bonds. The molecule has 3 aromatic carbocycles. The maximum absolute atomic E-state index is 13.5. The smallest absolute Gasteiger partial charge is 0.254 e. The Balaban J connectivity index is 2.00. The number of carbonyl (C=O) groups is 1. The summed E-state index contributed by atoms with van der Waals surface area (Å²) in [5.41, 5.74) is 1.62. The van der Waals surface area contributed by atoms with Crippen LogP contribution in [0.15, 0.2) is 72.8 Å². The molecule has 29 heavy (non-hydrogen) atoms. The van der Waals surface area contributed by atoms with Gasteiger partial charge < -0.3 is 14.7 Å². The lowest BCUT2D eigenvalue weighted by molar-refractivity contribution is -0.130.